The third-order valence-corrected chi connectivity index (χ3v) is 18.6. The van der Waals surface area contributed by atoms with Gasteiger partial charge in [-0.2, -0.15) is 0 Å². The van der Waals surface area contributed by atoms with Crippen molar-refractivity contribution in [2.24, 2.45) is 0 Å². The minimum atomic E-state index is 0.0934. The van der Waals surface area contributed by atoms with Gasteiger partial charge in [-0.25, -0.2) is 0 Å². The first-order valence-electron chi connectivity index (χ1n) is 27.3. The highest BCUT2D eigenvalue weighted by Gasteiger charge is 2.34. The van der Waals surface area contributed by atoms with Crippen molar-refractivity contribution >= 4 is 173 Å². The molecule has 0 atom stereocenters. The van der Waals surface area contributed by atoms with E-state index in [0.29, 0.717) is 5.02 Å². The first-order valence-corrected chi connectivity index (χ1v) is 27.7. The summed E-state index contributed by atoms with van der Waals surface area (Å²) in [6.45, 7) is 0. The molecule has 360 valence electrons. The van der Waals surface area contributed by atoms with Crippen LogP contribution in [0.15, 0.2) is 241 Å². The molecule has 0 unspecified atom stereocenters. The second kappa shape index (κ2) is 15.0. The number of halogens is 1. The fraction of sp³-hybridized carbons (Fsp3) is 0. The van der Waals surface area contributed by atoms with Gasteiger partial charge in [-0.3, -0.25) is 4.79 Å². The summed E-state index contributed by atoms with van der Waals surface area (Å²) in [5.41, 5.74) is 7.15. The van der Waals surface area contributed by atoms with Gasteiger partial charge in [0.15, 0.2) is 5.43 Å². The van der Waals surface area contributed by atoms with E-state index >= 15 is 0 Å². The SMILES string of the molecule is O=c1c2ccccc2c2c1cc1c3ccccc3c3c1c2c1c2ccccc2c2c4c(-c5ccc(Cl)cc5)c5c(-c6ccccc6)c6c7ccccc7c7ccccc7c6c(-c6ccccc6)c5c5c6ccccc6c(c45)c3c21. The lowest BCUT2D eigenvalue weighted by Gasteiger charge is -2.26. The lowest BCUT2D eigenvalue weighted by molar-refractivity contribution is 1.66. The topological polar surface area (TPSA) is 17.1 Å². The molecule has 79 heavy (non-hydrogen) atoms. The molecule has 19 rings (SSSR count). The summed E-state index contributed by atoms with van der Waals surface area (Å²) < 4.78 is 0. The van der Waals surface area contributed by atoms with Gasteiger partial charge in [0.25, 0.3) is 0 Å². The van der Waals surface area contributed by atoms with E-state index in [1.165, 1.54) is 157 Å². The second-order valence-electron chi connectivity index (χ2n) is 21.9. The Balaban J connectivity index is 1.25. The zero-order valence-electron chi connectivity index (χ0n) is 42.3. The van der Waals surface area contributed by atoms with Gasteiger partial charge in [-0.05, 0) is 192 Å². The molecule has 0 aliphatic rings. The third-order valence-electron chi connectivity index (χ3n) is 18.4. The van der Waals surface area contributed by atoms with Crippen molar-refractivity contribution in [3.05, 3.63) is 252 Å². The van der Waals surface area contributed by atoms with Gasteiger partial charge >= 0.3 is 0 Å². The van der Waals surface area contributed by atoms with Gasteiger partial charge < -0.3 is 0 Å². The van der Waals surface area contributed by atoms with Gasteiger partial charge in [0, 0.05) is 26.6 Å². The van der Waals surface area contributed by atoms with E-state index in [4.69, 9.17) is 11.6 Å². The monoisotopic (exact) mass is 1010 g/mol. The van der Waals surface area contributed by atoms with Crippen LogP contribution in [0.25, 0.3) is 195 Å². The van der Waals surface area contributed by atoms with Crippen molar-refractivity contribution < 1.29 is 0 Å². The van der Waals surface area contributed by atoms with E-state index in [1.54, 1.807) is 0 Å². The van der Waals surface area contributed by atoms with Gasteiger partial charge in [0.1, 0.15) is 0 Å². The Hall–Kier alpha value is -9.92. The molecular formula is C77H39ClO. The summed E-state index contributed by atoms with van der Waals surface area (Å²) >= 11 is 7.00. The van der Waals surface area contributed by atoms with Crippen LogP contribution in [-0.4, -0.2) is 0 Å². The highest BCUT2D eigenvalue weighted by atomic mass is 35.5. The van der Waals surface area contributed by atoms with Crippen molar-refractivity contribution in [3.8, 4) is 33.4 Å². The predicted octanol–water partition coefficient (Wildman–Crippen LogP) is 21.8. The summed E-state index contributed by atoms with van der Waals surface area (Å²) in [7, 11) is 0. The summed E-state index contributed by atoms with van der Waals surface area (Å²) in [5, 5.41) is 36.2. The molecule has 2 heteroatoms. The summed E-state index contributed by atoms with van der Waals surface area (Å²) in [6.07, 6.45) is 0. The molecule has 0 aliphatic carbocycles. The number of rotatable bonds is 3. The molecule has 0 aliphatic heterocycles. The lowest BCUT2D eigenvalue weighted by Crippen LogP contribution is -1.97. The molecule has 0 aromatic heterocycles. The van der Waals surface area contributed by atoms with Crippen molar-refractivity contribution in [3.63, 3.8) is 0 Å². The Morgan fingerprint density at radius 1 is 0.190 bits per heavy atom. The van der Waals surface area contributed by atoms with Crippen LogP contribution in [-0.2, 0) is 0 Å². The fourth-order valence-corrected chi connectivity index (χ4v) is 15.8. The Morgan fingerprint density at radius 2 is 0.468 bits per heavy atom. The maximum absolute atomic E-state index is 14.9. The molecule has 0 saturated heterocycles. The van der Waals surface area contributed by atoms with E-state index in [-0.39, 0.29) is 5.43 Å². The van der Waals surface area contributed by atoms with Gasteiger partial charge in [-0.1, -0.05) is 230 Å². The van der Waals surface area contributed by atoms with E-state index in [0.717, 1.165) is 38.1 Å². The Morgan fingerprint density at radius 3 is 0.949 bits per heavy atom. The molecule has 0 heterocycles. The minimum Gasteiger partial charge on any atom is -0.289 e. The predicted molar refractivity (Wildman–Crippen MR) is 341 cm³/mol. The van der Waals surface area contributed by atoms with E-state index < -0.39 is 0 Å². The van der Waals surface area contributed by atoms with Crippen LogP contribution >= 0.6 is 11.6 Å². The molecular weight excluding hydrogens is 976 g/mol. The first kappa shape index (κ1) is 42.2. The number of hydrogen-bond donors (Lipinski definition) is 0. The molecule has 0 spiro atoms. The average molecular weight is 1020 g/mol. The summed E-state index contributed by atoms with van der Waals surface area (Å²) in [4.78, 5) is 14.9. The summed E-state index contributed by atoms with van der Waals surface area (Å²) in [6, 6.07) is 87.1. The molecule has 0 radical (unpaired) electrons. The van der Waals surface area contributed by atoms with Gasteiger partial charge in [0.05, 0.1) is 0 Å². The van der Waals surface area contributed by atoms with Crippen LogP contribution in [0, 0.1) is 0 Å². The number of hydrogen-bond acceptors (Lipinski definition) is 1. The van der Waals surface area contributed by atoms with Crippen LogP contribution in [0.1, 0.15) is 0 Å². The standard InChI is InChI=1S/C77H39ClO/c78-43-37-35-42(36-38-43)60-70-58(40-19-3-1-4-20-40)62-47-26-10-7-23-44(47)45-24-8-11-27-48(45)63(62)59(41-21-5-2-6-22-41)71(70)65-51-30-14-16-32-53(51)68-74-64-49-28-12-9-25-46(49)56-39-57-61(54-33-17-18-34-55(54)77(57)79)73(69(56)64)67-52-31-15-13-29-50(52)66(76(67)74)72(60)75(65)68/h1-39H. The van der Waals surface area contributed by atoms with Crippen LogP contribution in [0.5, 0.6) is 0 Å². The Labute approximate surface area is 455 Å². The Kier molecular flexibility index (Phi) is 8.00. The number of benzene rings is 15. The van der Waals surface area contributed by atoms with E-state index in [2.05, 4.69) is 224 Å². The molecule has 0 saturated carbocycles. The third kappa shape index (κ3) is 5.07. The molecule has 0 bridgehead atoms. The quantitative estimate of drug-likeness (QED) is 0.127. The molecule has 0 amide bonds. The smallest absolute Gasteiger partial charge is 0.194 e. The van der Waals surface area contributed by atoms with Crippen LogP contribution in [0.2, 0.25) is 5.02 Å². The molecule has 19 aromatic rings. The van der Waals surface area contributed by atoms with Crippen molar-refractivity contribution in [1.82, 2.24) is 0 Å². The highest BCUT2D eigenvalue weighted by molar-refractivity contribution is 6.61. The fourth-order valence-electron chi connectivity index (χ4n) is 15.6. The zero-order valence-corrected chi connectivity index (χ0v) is 43.1. The Bertz CT molecular complexity index is 5960. The van der Waals surface area contributed by atoms with Crippen LogP contribution < -0.4 is 5.43 Å². The highest BCUT2D eigenvalue weighted by Crippen LogP contribution is 2.63. The van der Waals surface area contributed by atoms with Crippen LogP contribution in [0.3, 0.4) is 0 Å². The zero-order chi connectivity index (χ0) is 51.5. The molecule has 19 aromatic carbocycles. The normalized spacial score (nSPS) is 12.7. The van der Waals surface area contributed by atoms with Crippen molar-refractivity contribution in [2.75, 3.05) is 0 Å². The van der Waals surface area contributed by atoms with Crippen molar-refractivity contribution in [2.45, 2.75) is 0 Å². The van der Waals surface area contributed by atoms with Crippen molar-refractivity contribution in [1.29, 1.82) is 0 Å². The van der Waals surface area contributed by atoms with E-state index in [9.17, 15) is 4.79 Å². The second-order valence-corrected chi connectivity index (χ2v) is 22.4. The summed E-state index contributed by atoms with van der Waals surface area (Å²) in [5.74, 6) is 0. The maximum atomic E-state index is 14.9. The maximum Gasteiger partial charge on any atom is 0.194 e. The number of fused-ring (bicyclic) bond motifs is 25. The van der Waals surface area contributed by atoms with Gasteiger partial charge in [-0.15, -0.1) is 0 Å². The largest absolute Gasteiger partial charge is 0.289 e. The van der Waals surface area contributed by atoms with Crippen LogP contribution in [0.4, 0.5) is 0 Å². The molecule has 1 nitrogen and oxygen atoms in total. The lowest BCUT2D eigenvalue weighted by atomic mass is 9.76. The molecule has 0 fully saturated rings. The average Bonchev–Trinajstić information content (AvgIpc) is 2.17. The first-order chi connectivity index (χ1) is 39.1. The van der Waals surface area contributed by atoms with E-state index in [1.807, 2.05) is 12.1 Å². The molecule has 0 N–H and O–H groups in total. The minimum absolute atomic E-state index is 0.0934. The van der Waals surface area contributed by atoms with Gasteiger partial charge in [0.2, 0.25) is 0 Å².